The van der Waals surface area contributed by atoms with Gasteiger partial charge in [-0.2, -0.15) is 0 Å². The highest BCUT2D eigenvalue weighted by Crippen LogP contribution is 2.25. The van der Waals surface area contributed by atoms with Crippen molar-refractivity contribution in [3.8, 4) is 11.5 Å². The molecule has 110 valence electrons. The number of hydrogen-bond acceptors (Lipinski definition) is 3. The van der Waals surface area contributed by atoms with Gasteiger partial charge in [-0.3, -0.25) is 0 Å². The van der Waals surface area contributed by atoms with E-state index in [1.807, 2.05) is 0 Å². The predicted octanol–water partition coefficient (Wildman–Crippen LogP) is 3.76. The summed E-state index contributed by atoms with van der Waals surface area (Å²) in [5.74, 6) is -0.685. The minimum absolute atomic E-state index is 0.0428. The first-order valence-corrected chi connectivity index (χ1v) is 6.37. The molecule has 0 saturated carbocycles. The third-order valence-electron chi connectivity index (χ3n) is 2.81. The lowest BCUT2D eigenvalue weighted by molar-refractivity contribution is 0.0696. The zero-order valence-electron chi connectivity index (χ0n) is 11.1. The van der Waals surface area contributed by atoms with E-state index in [9.17, 15) is 9.18 Å². The quantitative estimate of drug-likeness (QED) is 0.913. The number of rotatable bonds is 5. The van der Waals surface area contributed by atoms with E-state index >= 15 is 0 Å². The smallest absolute Gasteiger partial charge is 0.335 e. The fourth-order valence-electron chi connectivity index (χ4n) is 1.75. The number of carboxylic acid groups (broad SMARTS) is 1. The largest absolute Gasteiger partial charge is 0.496 e. The van der Waals surface area contributed by atoms with Crippen LogP contribution in [0.1, 0.15) is 15.9 Å². The van der Waals surface area contributed by atoms with Crippen LogP contribution >= 0.6 is 11.6 Å². The first kappa shape index (κ1) is 15.1. The molecule has 0 heterocycles. The number of carboxylic acids is 1. The lowest BCUT2D eigenvalue weighted by Gasteiger charge is -2.11. The van der Waals surface area contributed by atoms with E-state index in [0.29, 0.717) is 17.1 Å². The van der Waals surface area contributed by atoms with Crippen LogP contribution < -0.4 is 9.47 Å². The molecule has 0 saturated heterocycles. The van der Waals surface area contributed by atoms with Crippen LogP contribution in [0.3, 0.4) is 0 Å². The van der Waals surface area contributed by atoms with Crippen LogP contribution in [-0.2, 0) is 6.61 Å². The van der Waals surface area contributed by atoms with Crippen LogP contribution in [0.15, 0.2) is 36.4 Å². The van der Waals surface area contributed by atoms with Gasteiger partial charge in [0.1, 0.15) is 23.9 Å². The molecule has 0 spiro atoms. The van der Waals surface area contributed by atoms with E-state index in [4.69, 9.17) is 26.2 Å². The van der Waals surface area contributed by atoms with Crippen molar-refractivity contribution in [2.75, 3.05) is 7.11 Å². The average Bonchev–Trinajstić information content (AvgIpc) is 2.48. The monoisotopic (exact) mass is 310 g/mol. The summed E-state index contributed by atoms with van der Waals surface area (Å²) in [7, 11) is 1.48. The summed E-state index contributed by atoms with van der Waals surface area (Å²) in [4.78, 5) is 11.0. The van der Waals surface area contributed by atoms with Gasteiger partial charge in [0.15, 0.2) is 0 Å². The Labute approximate surface area is 125 Å². The molecule has 0 fully saturated rings. The normalized spacial score (nSPS) is 10.2. The van der Waals surface area contributed by atoms with Crippen LogP contribution in [0, 0.1) is 5.82 Å². The fourth-order valence-corrected chi connectivity index (χ4v) is 1.92. The molecule has 2 aromatic carbocycles. The number of hydrogen-bond donors (Lipinski definition) is 1. The summed E-state index contributed by atoms with van der Waals surface area (Å²) in [6.07, 6.45) is 0. The maximum atomic E-state index is 13.0. The van der Waals surface area contributed by atoms with Crippen LogP contribution in [0.25, 0.3) is 0 Å². The Bertz CT molecular complexity index is 673. The Morgan fingerprint density at radius 3 is 2.67 bits per heavy atom. The first-order chi connectivity index (χ1) is 10.0. The van der Waals surface area contributed by atoms with Crippen molar-refractivity contribution in [3.63, 3.8) is 0 Å². The van der Waals surface area contributed by atoms with Crippen LogP contribution in [-0.4, -0.2) is 18.2 Å². The maximum absolute atomic E-state index is 13.0. The van der Waals surface area contributed by atoms with Gasteiger partial charge in [-0.15, -0.1) is 0 Å². The van der Waals surface area contributed by atoms with Crippen molar-refractivity contribution >= 4 is 17.6 Å². The zero-order valence-corrected chi connectivity index (χ0v) is 11.9. The molecule has 0 atom stereocenters. The molecule has 1 N–H and O–H groups in total. The number of aromatic carboxylic acids is 1. The van der Waals surface area contributed by atoms with E-state index in [-0.39, 0.29) is 17.2 Å². The molecule has 2 aromatic rings. The van der Waals surface area contributed by atoms with E-state index in [0.717, 1.165) is 0 Å². The van der Waals surface area contributed by atoms with Crippen molar-refractivity contribution in [2.45, 2.75) is 6.61 Å². The van der Waals surface area contributed by atoms with E-state index in [1.54, 1.807) is 6.07 Å². The molecule has 4 nitrogen and oxygen atoms in total. The lowest BCUT2D eigenvalue weighted by Crippen LogP contribution is -2.03. The minimum Gasteiger partial charge on any atom is -0.496 e. The van der Waals surface area contributed by atoms with Gasteiger partial charge in [-0.1, -0.05) is 11.6 Å². The summed E-state index contributed by atoms with van der Waals surface area (Å²) < 4.78 is 23.7. The summed E-state index contributed by atoms with van der Waals surface area (Å²) in [5.41, 5.74) is 0.699. The number of carbonyl (C=O) groups is 1. The Hall–Kier alpha value is -2.27. The molecule has 0 bridgehead atoms. The second-order valence-corrected chi connectivity index (χ2v) is 4.60. The van der Waals surface area contributed by atoms with Crippen LogP contribution in [0.2, 0.25) is 5.02 Å². The molecule has 0 aliphatic rings. The van der Waals surface area contributed by atoms with Gasteiger partial charge >= 0.3 is 5.97 Å². The van der Waals surface area contributed by atoms with Gasteiger partial charge in [0.05, 0.1) is 17.7 Å². The zero-order chi connectivity index (χ0) is 15.4. The van der Waals surface area contributed by atoms with Gasteiger partial charge < -0.3 is 14.6 Å². The molecule has 0 aromatic heterocycles. The summed E-state index contributed by atoms with van der Waals surface area (Å²) in [6.45, 7) is 0.0756. The molecular formula is C15H12ClFO4. The molecule has 0 unspecified atom stereocenters. The second-order valence-electron chi connectivity index (χ2n) is 4.20. The Morgan fingerprint density at radius 1 is 1.29 bits per heavy atom. The van der Waals surface area contributed by atoms with Gasteiger partial charge in [-0.25, -0.2) is 9.18 Å². The molecule has 6 heteroatoms. The standard InChI is InChI=1S/C15H12ClFO4/c1-20-14-5-2-9(15(18)19)6-10(14)8-21-11-3-4-13(17)12(16)7-11/h2-7H,8H2,1H3,(H,18,19). The molecule has 2 rings (SSSR count). The molecule has 0 amide bonds. The van der Waals surface area contributed by atoms with Gasteiger partial charge in [-0.05, 0) is 30.3 Å². The van der Waals surface area contributed by atoms with E-state index in [2.05, 4.69) is 0 Å². The number of halogens is 2. The lowest BCUT2D eigenvalue weighted by atomic mass is 10.1. The summed E-state index contributed by atoms with van der Waals surface area (Å²) in [5, 5.41) is 8.94. The summed E-state index contributed by atoms with van der Waals surface area (Å²) >= 11 is 5.66. The highest BCUT2D eigenvalue weighted by molar-refractivity contribution is 6.30. The highest BCUT2D eigenvalue weighted by Gasteiger charge is 2.10. The highest BCUT2D eigenvalue weighted by atomic mass is 35.5. The molecule has 0 aliphatic carbocycles. The number of benzene rings is 2. The van der Waals surface area contributed by atoms with Crippen LogP contribution in [0.4, 0.5) is 4.39 Å². The van der Waals surface area contributed by atoms with Crippen LogP contribution in [0.5, 0.6) is 11.5 Å². The van der Waals surface area contributed by atoms with Crippen molar-refractivity contribution in [1.82, 2.24) is 0 Å². The molecular weight excluding hydrogens is 299 g/mol. The summed E-state index contributed by atoms with van der Waals surface area (Å²) in [6, 6.07) is 8.45. The average molecular weight is 311 g/mol. The van der Waals surface area contributed by atoms with E-state index < -0.39 is 11.8 Å². The Morgan fingerprint density at radius 2 is 2.05 bits per heavy atom. The van der Waals surface area contributed by atoms with Gasteiger partial charge in [0.2, 0.25) is 0 Å². The predicted molar refractivity (Wildman–Crippen MR) is 75.7 cm³/mol. The Balaban J connectivity index is 2.19. The van der Waals surface area contributed by atoms with Gasteiger partial charge in [0, 0.05) is 11.6 Å². The fraction of sp³-hybridized carbons (Fsp3) is 0.133. The van der Waals surface area contributed by atoms with Crippen molar-refractivity contribution < 1.29 is 23.8 Å². The SMILES string of the molecule is COc1ccc(C(=O)O)cc1COc1ccc(F)c(Cl)c1. The molecule has 21 heavy (non-hydrogen) atoms. The maximum Gasteiger partial charge on any atom is 0.335 e. The van der Waals surface area contributed by atoms with Crippen molar-refractivity contribution in [2.24, 2.45) is 0 Å². The number of ether oxygens (including phenoxy) is 2. The minimum atomic E-state index is -1.04. The first-order valence-electron chi connectivity index (χ1n) is 5.99. The topological polar surface area (TPSA) is 55.8 Å². The third kappa shape index (κ3) is 3.64. The Kier molecular flexibility index (Phi) is 4.65. The molecule has 0 radical (unpaired) electrons. The van der Waals surface area contributed by atoms with Crippen molar-refractivity contribution in [1.29, 1.82) is 0 Å². The number of methoxy groups -OCH3 is 1. The van der Waals surface area contributed by atoms with Gasteiger partial charge in [0.25, 0.3) is 0 Å². The molecule has 0 aliphatic heterocycles. The second kappa shape index (κ2) is 6.45. The van der Waals surface area contributed by atoms with Crippen molar-refractivity contribution in [3.05, 3.63) is 58.4 Å². The van der Waals surface area contributed by atoms with E-state index in [1.165, 1.54) is 37.4 Å². The third-order valence-corrected chi connectivity index (χ3v) is 3.10.